The molecule has 8 heteroatoms. The highest BCUT2D eigenvalue weighted by molar-refractivity contribution is 5.89. The number of carbonyl (C=O) groups is 1. The van der Waals surface area contributed by atoms with Crippen molar-refractivity contribution in [3.8, 4) is 0 Å². The second-order valence-corrected chi connectivity index (χ2v) is 4.19. The number of hydrogen-bond donors (Lipinski definition) is 2. The Morgan fingerprint density at radius 2 is 1.95 bits per heavy atom. The molecule has 6 nitrogen and oxygen atoms in total. The molecule has 0 aliphatic rings. The molecule has 0 bridgehead atoms. The fraction of sp³-hybridized carbons (Fsp3) is 0.308. The lowest BCUT2D eigenvalue weighted by molar-refractivity contribution is -0.116. The predicted molar refractivity (Wildman–Crippen MR) is 87.0 cm³/mol. The minimum Gasteiger partial charge on any atom is -0.330 e. The molecule has 0 radical (unpaired) electrons. The van der Waals surface area contributed by atoms with E-state index in [1.807, 2.05) is 18.3 Å². The number of nitrogens with zero attached hydrogens (tertiary/aromatic N) is 3. The zero-order valence-corrected chi connectivity index (χ0v) is 13.1. The number of amides is 1. The Bertz CT molecular complexity index is 532. The van der Waals surface area contributed by atoms with Gasteiger partial charge in [-0.1, -0.05) is 0 Å². The molecule has 0 aromatic carbocycles. The van der Waals surface area contributed by atoms with E-state index in [0.717, 1.165) is 5.56 Å². The summed E-state index contributed by atoms with van der Waals surface area (Å²) < 4.78 is 1.77. The fourth-order valence-corrected chi connectivity index (χ4v) is 1.66. The molecule has 116 valence electrons. The number of aromatic nitrogens is 3. The van der Waals surface area contributed by atoms with Crippen molar-refractivity contribution in [3.05, 3.63) is 42.4 Å². The van der Waals surface area contributed by atoms with Gasteiger partial charge in [0, 0.05) is 31.1 Å². The molecule has 0 saturated carbocycles. The number of pyridine rings is 1. The van der Waals surface area contributed by atoms with E-state index >= 15 is 0 Å². The van der Waals surface area contributed by atoms with Gasteiger partial charge in [-0.15, -0.1) is 24.8 Å². The minimum absolute atomic E-state index is 0. The van der Waals surface area contributed by atoms with Gasteiger partial charge in [0.05, 0.1) is 6.54 Å². The van der Waals surface area contributed by atoms with E-state index in [1.54, 1.807) is 23.1 Å². The van der Waals surface area contributed by atoms with Crippen molar-refractivity contribution >= 4 is 36.5 Å². The highest BCUT2D eigenvalue weighted by Crippen LogP contribution is 2.06. The topological polar surface area (TPSA) is 85.8 Å². The van der Waals surface area contributed by atoms with Crippen LogP contribution in [-0.4, -0.2) is 27.2 Å². The van der Waals surface area contributed by atoms with Crippen molar-refractivity contribution in [1.29, 1.82) is 0 Å². The Hall–Kier alpha value is -1.63. The average Bonchev–Trinajstić information content (AvgIpc) is 2.85. The maximum Gasteiger partial charge on any atom is 0.225 e. The molecule has 0 spiro atoms. The van der Waals surface area contributed by atoms with Crippen LogP contribution >= 0.6 is 24.8 Å². The van der Waals surface area contributed by atoms with Crippen LogP contribution in [0.25, 0.3) is 0 Å². The molecule has 1 amide bonds. The number of nitrogens with one attached hydrogen (secondary N) is 1. The summed E-state index contributed by atoms with van der Waals surface area (Å²) >= 11 is 0. The number of hydrogen-bond acceptors (Lipinski definition) is 4. The van der Waals surface area contributed by atoms with E-state index in [-0.39, 0.29) is 30.7 Å². The van der Waals surface area contributed by atoms with E-state index in [0.29, 0.717) is 31.7 Å². The molecule has 2 aromatic rings. The van der Waals surface area contributed by atoms with Crippen LogP contribution in [0.1, 0.15) is 18.4 Å². The Labute approximate surface area is 135 Å². The van der Waals surface area contributed by atoms with Gasteiger partial charge in [-0.05, 0) is 30.7 Å². The Kier molecular flexibility index (Phi) is 9.36. The zero-order valence-electron chi connectivity index (χ0n) is 11.4. The summed E-state index contributed by atoms with van der Waals surface area (Å²) in [5.41, 5.74) is 6.47. The summed E-state index contributed by atoms with van der Waals surface area (Å²) in [5, 5.41) is 7.03. The number of nitrogens with two attached hydrogens (primary N) is 1. The number of carbonyl (C=O) groups excluding carboxylic acids is 1. The van der Waals surface area contributed by atoms with Gasteiger partial charge < -0.3 is 11.1 Å². The van der Waals surface area contributed by atoms with Gasteiger partial charge in [-0.3, -0.25) is 14.5 Å². The van der Waals surface area contributed by atoms with Gasteiger partial charge in [0.1, 0.15) is 0 Å². The van der Waals surface area contributed by atoms with Crippen molar-refractivity contribution in [2.75, 3.05) is 11.9 Å². The summed E-state index contributed by atoms with van der Waals surface area (Å²) in [6.45, 7) is 1.17. The molecule has 2 aromatic heterocycles. The second-order valence-electron chi connectivity index (χ2n) is 4.19. The van der Waals surface area contributed by atoms with Gasteiger partial charge in [-0.2, -0.15) is 5.10 Å². The third-order valence-electron chi connectivity index (χ3n) is 2.61. The summed E-state index contributed by atoms with van der Waals surface area (Å²) in [4.78, 5) is 15.5. The largest absolute Gasteiger partial charge is 0.330 e. The van der Waals surface area contributed by atoms with Gasteiger partial charge in [0.15, 0.2) is 5.82 Å². The first kappa shape index (κ1) is 19.4. The highest BCUT2D eigenvalue weighted by atomic mass is 35.5. The van der Waals surface area contributed by atoms with Crippen LogP contribution in [0.2, 0.25) is 0 Å². The van der Waals surface area contributed by atoms with Crippen molar-refractivity contribution in [2.24, 2.45) is 5.73 Å². The summed E-state index contributed by atoms with van der Waals surface area (Å²) in [6.07, 6.45) is 6.43. The molecule has 0 aliphatic heterocycles. The zero-order chi connectivity index (χ0) is 13.5. The third kappa shape index (κ3) is 6.57. The summed E-state index contributed by atoms with van der Waals surface area (Å²) in [5.74, 6) is 0.510. The van der Waals surface area contributed by atoms with Crippen molar-refractivity contribution < 1.29 is 4.79 Å². The quantitative estimate of drug-likeness (QED) is 0.845. The van der Waals surface area contributed by atoms with Crippen molar-refractivity contribution in [3.63, 3.8) is 0 Å². The monoisotopic (exact) mass is 331 g/mol. The number of rotatable bonds is 6. The van der Waals surface area contributed by atoms with E-state index in [9.17, 15) is 4.79 Å². The summed E-state index contributed by atoms with van der Waals surface area (Å²) in [6, 6.07) is 5.64. The fourth-order valence-electron chi connectivity index (χ4n) is 1.66. The van der Waals surface area contributed by atoms with Crippen LogP contribution in [0.4, 0.5) is 5.82 Å². The van der Waals surface area contributed by atoms with Crippen molar-refractivity contribution in [1.82, 2.24) is 14.8 Å². The van der Waals surface area contributed by atoms with Crippen molar-refractivity contribution in [2.45, 2.75) is 19.4 Å². The molecular weight excluding hydrogens is 313 g/mol. The standard InChI is InChI=1S/C13H17N5O.2ClH/c14-6-1-2-13(19)16-12-5-9-18(17-12)10-11-3-7-15-8-4-11;;/h3-5,7-9H,1-2,6,10,14H2,(H,16,17,19);2*1H. The SMILES string of the molecule is Cl.Cl.NCCCC(=O)Nc1ccn(Cc2ccncc2)n1. The first-order valence-corrected chi connectivity index (χ1v) is 6.20. The first-order valence-electron chi connectivity index (χ1n) is 6.20. The summed E-state index contributed by atoms with van der Waals surface area (Å²) in [7, 11) is 0. The average molecular weight is 332 g/mol. The smallest absolute Gasteiger partial charge is 0.225 e. The highest BCUT2D eigenvalue weighted by Gasteiger charge is 2.04. The van der Waals surface area contributed by atoms with E-state index in [4.69, 9.17) is 5.73 Å². The Balaban J connectivity index is 0.00000200. The molecule has 0 unspecified atom stereocenters. The Morgan fingerprint density at radius 3 is 2.62 bits per heavy atom. The Morgan fingerprint density at radius 1 is 1.24 bits per heavy atom. The molecule has 2 rings (SSSR count). The maximum atomic E-state index is 11.5. The molecular formula is C13H19Cl2N5O. The molecule has 2 heterocycles. The molecule has 21 heavy (non-hydrogen) atoms. The molecule has 0 aliphatic carbocycles. The number of anilines is 1. The predicted octanol–water partition coefficient (Wildman–Crippen LogP) is 1.85. The van der Waals surface area contributed by atoms with Gasteiger partial charge in [0.25, 0.3) is 0 Å². The van der Waals surface area contributed by atoms with Crippen LogP contribution in [0.3, 0.4) is 0 Å². The first-order chi connectivity index (χ1) is 9.28. The maximum absolute atomic E-state index is 11.5. The van der Waals surface area contributed by atoms with E-state index < -0.39 is 0 Å². The molecule has 0 atom stereocenters. The number of halogens is 2. The van der Waals surface area contributed by atoms with Gasteiger partial charge in [-0.25, -0.2) is 0 Å². The normalized spacial score (nSPS) is 9.38. The van der Waals surface area contributed by atoms with Crippen LogP contribution in [0.5, 0.6) is 0 Å². The van der Waals surface area contributed by atoms with Crippen LogP contribution in [0.15, 0.2) is 36.8 Å². The lowest BCUT2D eigenvalue weighted by Crippen LogP contribution is -2.14. The lowest BCUT2D eigenvalue weighted by atomic mass is 10.3. The van der Waals surface area contributed by atoms with Gasteiger partial charge in [0.2, 0.25) is 5.91 Å². The van der Waals surface area contributed by atoms with E-state index in [2.05, 4.69) is 15.4 Å². The minimum atomic E-state index is -0.0559. The molecule has 3 N–H and O–H groups in total. The molecule has 0 fully saturated rings. The molecule has 0 saturated heterocycles. The third-order valence-corrected chi connectivity index (χ3v) is 2.61. The van der Waals surface area contributed by atoms with E-state index in [1.165, 1.54) is 0 Å². The second kappa shape index (κ2) is 10.1. The van der Waals surface area contributed by atoms with Crippen LogP contribution in [0, 0.1) is 0 Å². The van der Waals surface area contributed by atoms with Gasteiger partial charge >= 0.3 is 0 Å². The van der Waals surface area contributed by atoms with Crippen LogP contribution < -0.4 is 11.1 Å². The lowest BCUT2D eigenvalue weighted by Gasteiger charge is -2.02. The van der Waals surface area contributed by atoms with Crippen LogP contribution in [-0.2, 0) is 11.3 Å².